The molecule has 0 aliphatic carbocycles. The third kappa shape index (κ3) is 2.67. The number of aryl methyl sites for hydroxylation is 1. The lowest BCUT2D eigenvalue weighted by Gasteiger charge is -1.95. The molecule has 53 valence electrons. The Morgan fingerprint density at radius 2 is 1.90 bits per heavy atom. The molecule has 0 amide bonds. The van der Waals surface area contributed by atoms with Gasteiger partial charge in [-0.25, -0.2) is 0 Å². The van der Waals surface area contributed by atoms with Crippen LogP contribution in [0, 0.1) is 0 Å². The fourth-order valence-corrected chi connectivity index (χ4v) is 1.37. The van der Waals surface area contributed by atoms with Gasteiger partial charge in [-0.1, -0.05) is 41.1 Å². The summed E-state index contributed by atoms with van der Waals surface area (Å²) < 4.78 is 0. The Kier molecular flexibility index (Phi) is 3.76. The Balaban J connectivity index is 2.43. The maximum Gasteiger partial charge on any atom is 0.00859 e. The van der Waals surface area contributed by atoms with Gasteiger partial charge < -0.3 is 0 Å². The van der Waals surface area contributed by atoms with Gasteiger partial charge in [0, 0.05) is 5.75 Å². The monoisotopic (exact) mass is 169 g/mol. The van der Waals surface area contributed by atoms with Crippen LogP contribution in [0.4, 0.5) is 0 Å². The minimum absolute atomic E-state index is 1.04. The molecule has 0 unspecified atom stereocenters. The third-order valence-corrected chi connectivity index (χ3v) is 2.19. The number of hydrogen-bond acceptors (Lipinski definition) is 1. The van der Waals surface area contributed by atoms with E-state index in [2.05, 4.69) is 24.3 Å². The van der Waals surface area contributed by atoms with E-state index in [1.54, 1.807) is 0 Å². The molecule has 0 heterocycles. The lowest BCUT2D eigenvalue weighted by Crippen LogP contribution is -1.84. The summed E-state index contributed by atoms with van der Waals surface area (Å²) in [6, 6.07) is 10.4. The molecular formula is C8H9S2. The molecule has 2 heteroatoms. The Bertz CT molecular complexity index is 172. The highest BCUT2D eigenvalue weighted by Gasteiger charge is 1.88. The first-order valence-corrected chi connectivity index (χ1v) is 5.13. The van der Waals surface area contributed by atoms with Crippen LogP contribution in [0.3, 0.4) is 0 Å². The SMILES string of the molecule is [S]SCCc1ccccc1. The van der Waals surface area contributed by atoms with Crippen LogP contribution in [-0.4, -0.2) is 5.75 Å². The Morgan fingerprint density at radius 1 is 1.20 bits per heavy atom. The Labute approximate surface area is 70.8 Å². The van der Waals surface area contributed by atoms with Crippen LogP contribution in [0.15, 0.2) is 30.3 Å². The molecule has 1 rings (SSSR count). The summed E-state index contributed by atoms with van der Waals surface area (Å²) in [5.41, 5.74) is 1.37. The molecule has 0 nitrogen and oxygen atoms in total. The molecule has 0 spiro atoms. The van der Waals surface area contributed by atoms with Gasteiger partial charge in [0.1, 0.15) is 0 Å². The predicted molar refractivity (Wildman–Crippen MR) is 50.2 cm³/mol. The first-order chi connectivity index (χ1) is 4.93. The second-order valence-corrected chi connectivity index (χ2v) is 3.41. The van der Waals surface area contributed by atoms with E-state index in [9.17, 15) is 0 Å². The molecule has 0 atom stereocenters. The molecule has 0 bridgehead atoms. The summed E-state index contributed by atoms with van der Waals surface area (Å²) >= 11 is 4.77. The minimum Gasteiger partial charge on any atom is -0.0814 e. The molecule has 1 aromatic rings. The molecule has 0 saturated carbocycles. The first kappa shape index (κ1) is 8.02. The van der Waals surface area contributed by atoms with Crippen molar-refractivity contribution in [3.05, 3.63) is 35.9 Å². The highest BCUT2D eigenvalue weighted by Crippen LogP contribution is 2.08. The minimum atomic E-state index is 1.04. The zero-order chi connectivity index (χ0) is 7.23. The van der Waals surface area contributed by atoms with Gasteiger partial charge in [-0.2, -0.15) is 0 Å². The van der Waals surface area contributed by atoms with Gasteiger partial charge in [-0.3, -0.25) is 0 Å². The maximum atomic E-state index is 4.77. The molecule has 10 heavy (non-hydrogen) atoms. The van der Waals surface area contributed by atoms with E-state index in [1.165, 1.54) is 16.4 Å². The van der Waals surface area contributed by atoms with Crippen molar-refractivity contribution < 1.29 is 0 Å². The summed E-state index contributed by atoms with van der Waals surface area (Å²) in [6.45, 7) is 0. The van der Waals surface area contributed by atoms with Crippen LogP contribution in [0.1, 0.15) is 5.56 Å². The van der Waals surface area contributed by atoms with Crippen molar-refractivity contribution in [2.24, 2.45) is 0 Å². The van der Waals surface area contributed by atoms with Crippen LogP contribution < -0.4 is 0 Å². The van der Waals surface area contributed by atoms with Gasteiger partial charge in [0.05, 0.1) is 0 Å². The summed E-state index contributed by atoms with van der Waals surface area (Å²) in [7, 11) is 1.48. The maximum absolute atomic E-state index is 4.77. The van der Waals surface area contributed by atoms with Gasteiger partial charge in [-0.15, -0.1) is 0 Å². The molecule has 0 saturated heterocycles. The first-order valence-electron chi connectivity index (χ1n) is 3.22. The van der Waals surface area contributed by atoms with Crippen molar-refractivity contribution in [2.45, 2.75) is 6.42 Å². The zero-order valence-electron chi connectivity index (χ0n) is 5.62. The van der Waals surface area contributed by atoms with Gasteiger partial charge in [-0.05, 0) is 23.6 Å². The Hall–Kier alpha value is -0.0800. The van der Waals surface area contributed by atoms with Crippen molar-refractivity contribution in [1.29, 1.82) is 0 Å². The fraction of sp³-hybridized carbons (Fsp3) is 0.250. The van der Waals surface area contributed by atoms with Crippen LogP contribution in [-0.2, 0) is 6.42 Å². The van der Waals surface area contributed by atoms with E-state index in [4.69, 9.17) is 11.7 Å². The lowest BCUT2D eigenvalue weighted by molar-refractivity contribution is 1.16. The molecular weight excluding hydrogens is 160 g/mol. The molecule has 0 aliphatic rings. The average Bonchev–Trinajstić information content (AvgIpc) is 2.03. The second-order valence-electron chi connectivity index (χ2n) is 2.06. The van der Waals surface area contributed by atoms with E-state index < -0.39 is 0 Å². The second kappa shape index (κ2) is 4.69. The predicted octanol–water partition coefficient (Wildman–Crippen LogP) is 3.07. The molecule has 0 fully saturated rings. The van der Waals surface area contributed by atoms with Gasteiger partial charge in [0.15, 0.2) is 0 Å². The van der Waals surface area contributed by atoms with E-state index >= 15 is 0 Å². The normalized spacial score (nSPS) is 9.70. The molecule has 0 N–H and O–H groups in total. The van der Waals surface area contributed by atoms with Crippen molar-refractivity contribution in [3.63, 3.8) is 0 Å². The highest BCUT2D eigenvalue weighted by atomic mass is 33.1. The quantitative estimate of drug-likeness (QED) is 0.627. The van der Waals surface area contributed by atoms with Gasteiger partial charge >= 0.3 is 0 Å². The lowest BCUT2D eigenvalue weighted by atomic mass is 10.2. The third-order valence-electron chi connectivity index (χ3n) is 1.32. The summed E-state index contributed by atoms with van der Waals surface area (Å²) in [6.07, 6.45) is 1.09. The Morgan fingerprint density at radius 3 is 2.50 bits per heavy atom. The summed E-state index contributed by atoms with van der Waals surface area (Å²) in [4.78, 5) is 0. The molecule has 1 radical (unpaired) electrons. The smallest absolute Gasteiger partial charge is 0.00859 e. The number of rotatable bonds is 3. The van der Waals surface area contributed by atoms with E-state index in [0.29, 0.717) is 0 Å². The fourth-order valence-electron chi connectivity index (χ4n) is 0.804. The molecule has 0 aromatic heterocycles. The van der Waals surface area contributed by atoms with Crippen molar-refractivity contribution in [3.8, 4) is 0 Å². The van der Waals surface area contributed by atoms with Gasteiger partial charge in [0.2, 0.25) is 0 Å². The van der Waals surface area contributed by atoms with Crippen LogP contribution in [0.2, 0.25) is 0 Å². The summed E-state index contributed by atoms with van der Waals surface area (Å²) in [5, 5.41) is 0. The van der Waals surface area contributed by atoms with Crippen LogP contribution in [0.25, 0.3) is 0 Å². The average molecular weight is 169 g/mol. The topological polar surface area (TPSA) is 0 Å². The van der Waals surface area contributed by atoms with E-state index in [-0.39, 0.29) is 0 Å². The van der Waals surface area contributed by atoms with Crippen molar-refractivity contribution in [1.82, 2.24) is 0 Å². The number of hydrogen-bond donors (Lipinski definition) is 0. The van der Waals surface area contributed by atoms with Crippen molar-refractivity contribution >= 4 is 22.5 Å². The number of benzene rings is 1. The van der Waals surface area contributed by atoms with E-state index in [0.717, 1.165) is 12.2 Å². The zero-order valence-corrected chi connectivity index (χ0v) is 7.25. The molecule has 1 aromatic carbocycles. The van der Waals surface area contributed by atoms with Crippen molar-refractivity contribution in [2.75, 3.05) is 5.75 Å². The standard InChI is InChI=1S/C8H9S2/c9-10-7-6-8-4-2-1-3-5-8/h1-5H,6-7H2. The van der Waals surface area contributed by atoms with E-state index in [1.807, 2.05) is 6.07 Å². The van der Waals surface area contributed by atoms with Gasteiger partial charge in [0.25, 0.3) is 0 Å². The summed E-state index contributed by atoms with van der Waals surface area (Å²) in [5.74, 6) is 1.04. The highest BCUT2D eigenvalue weighted by molar-refractivity contribution is 8.68. The largest absolute Gasteiger partial charge is 0.0814 e. The molecule has 0 aliphatic heterocycles. The van der Waals surface area contributed by atoms with Crippen LogP contribution >= 0.6 is 22.5 Å². The van der Waals surface area contributed by atoms with Crippen LogP contribution in [0.5, 0.6) is 0 Å².